The predicted molar refractivity (Wildman–Crippen MR) is 82.1 cm³/mol. The van der Waals surface area contributed by atoms with Crippen LogP contribution in [0.1, 0.15) is 24.2 Å². The van der Waals surface area contributed by atoms with Crippen molar-refractivity contribution in [2.75, 3.05) is 12.4 Å². The SMILES string of the molecule is CCOC(=O)CSc1ccc(C(O)c2cccnc2)cc1. The van der Waals surface area contributed by atoms with Gasteiger partial charge >= 0.3 is 5.97 Å². The van der Waals surface area contributed by atoms with E-state index in [2.05, 4.69) is 4.98 Å². The Labute approximate surface area is 128 Å². The fourth-order valence-electron chi connectivity index (χ4n) is 1.82. The van der Waals surface area contributed by atoms with Crippen molar-refractivity contribution < 1.29 is 14.6 Å². The van der Waals surface area contributed by atoms with Crippen molar-refractivity contribution in [1.82, 2.24) is 4.98 Å². The van der Waals surface area contributed by atoms with Crippen LogP contribution in [0.15, 0.2) is 53.7 Å². The van der Waals surface area contributed by atoms with Gasteiger partial charge in [-0.3, -0.25) is 9.78 Å². The van der Waals surface area contributed by atoms with Crippen LogP contribution in [0.3, 0.4) is 0 Å². The van der Waals surface area contributed by atoms with Gasteiger partial charge in [0.15, 0.2) is 0 Å². The van der Waals surface area contributed by atoms with E-state index < -0.39 is 6.10 Å². The zero-order valence-electron chi connectivity index (χ0n) is 11.7. The molecule has 0 radical (unpaired) electrons. The van der Waals surface area contributed by atoms with Crippen molar-refractivity contribution in [3.05, 3.63) is 59.9 Å². The lowest BCUT2D eigenvalue weighted by Gasteiger charge is -2.11. The van der Waals surface area contributed by atoms with Crippen molar-refractivity contribution in [1.29, 1.82) is 0 Å². The van der Waals surface area contributed by atoms with Crippen LogP contribution < -0.4 is 0 Å². The van der Waals surface area contributed by atoms with Crippen LogP contribution in [0.5, 0.6) is 0 Å². The summed E-state index contributed by atoms with van der Waals surface area (Å²) in [5, 5.41) is 10.2. The molecule has 1 aromatic heterocycles. The van der Waals surface area contributed by atoms with E-state index in [1.807, 2.05) is 30.3 Å². The lowest BCUT2D eigenvalue weighted by molar-refractivity contribution is -0.139. The van der Waals surface area contributed by atoms with Gasteiger partial charge < -0.3 is 9.84 Å². The fraction of sp³-hybridized carbons (Fsp3) is 0.250. The van der Waals surface area contributed by atoms with Gasteiger partial charge in [0.2, 0.25) is 0 Å². The molecular weight excluding hydrogens is 286 g/mol. The average Bonchev–Trinajstić information content (AvgIpc) is 2.54. The van der Waals surface area contributed by atoms with Crippen LogP contribution in [0.4, 0.5) is 0 Å². The summed E-state index contributed by atoms with van der Waals surface area (Å²) in [5.41, 5.74) is 1.55. The molecule has 0 aliphatic rings. The fourth-order valence-corrected chi connectivity index (χ4v) is 2.52. The van der Waals surface area contributed by atoms with Gasteiger partial charge in [0.1, 0.15) is 6.10 Å². The summed E-state index contributed by atoms with van der Waals surface area (Å²) in [5.74, 6) is 0.0696. The van der Waals surface area contributed by atoms with Gasteiger partial charge in [-0.05, 0) is 30.7 Å². The Morgan fingerprint density at radius 3 is 2.67 bits per heavy atom. The number of hydrogen-bond donors (Lipinski definition) is 1. The molecule has 4 nitrogen and oxygen atoms in total. The molecule has 0 aliphatic heterocycles. The summed E-state index contributed by atoms with van der Waals surface area (Å²) in [6.07, 6.45) is 2.63. The van der Waals surface area contributed by atoms with Gasteiger partial charge in [-0.15, -0.1) is 11.8 Å². The molecule has 0 spiro atoms. The maximum atomic E-state index is 11.3. The first-order valence-corrected chi connectivity index (χ1v) is 7.65. The summed E-state index contributed by atoms with van der Waals surface area (Å²) < 4.78 is 4.88. The molecule has 1 unspecified atom stereocenters. The molecule has 2 rings (SSSR count). The lowest BCUT2D eigenvalue weighted by Crippen LogP contribution is -2.06. The summed E-state index contributed by atoms with van der Waals surface area (Å²) in [7, 11) is 0. The topological polar surface area (TPSA) is 59.4 Å². The van der Waals surface area contributed by atoms with E-state index in [4.69, 9.17) is 4.74 Å². The lowest BCUT2D eigenvalue weighted by atomic mass is 10.0. The third-order valence-electron chi connectivity index (χ3n) is 2.86. The number of ether oxygens (including phenoxy) is 1. The number of nitrogens with zero attached hydrogens (tertiary/aromatic N) is 1. The first kappa shape index (κ1) is 15.5. The summed E-state index contributed by atoms with van der Waals surface area (Å²) in [4.78, 5) is 16.2. The van der Waals surface area contributed by atoms with E-state index in [9.17, 15) is 9.90 Å². The standard InChI is InChI=1S/C16H17NO3S/c1-2-20-15(18)11-21-14-7-5-12(6-8-14)16(19)13-4-3-9-17-10-13/h3-10,16,19H,2,11H2,1H3. The van der Waals surface area contributed by atoms with Gasteiger partial charge in [0, 0.05) is 22.9 Å². The Morgan fingerprint density at radius 2 is 2.05 bits per heavy atom. The third-order valence-corrected chi connectivity index (χ3v) is 3.84. The molecule has 0 bridgehead atoms. The molecule has 1 atom stereocenters. The second kappa shape index (κ2) is 7.81. The minimum Gasteiger partial charge on any atom is -0.465 e. The van der Waals surface area contributed by atoms with Crippen LogP contribution in [0.25, 0.3) is 0 Å². The van der Waals surface area contributed by atoms with Crippen molar-refractivity contribution >= 4 is 17.7 Å². The first-order valence-electron chi connectivity index (χ1n) is 6.67. The molecular formula is C16H17NO3S. The molecule has 110 valence electrons. The number of carbonyl (C=O) groups excluding carboxylic acids is 1. The molecule has 0 saturated heterocycles. The van der Waals surface area contributed by atoms with Crippen LogP contribution in [0.2, 0.25) is 0 Å². The highest BCUT2D eigenvalue weighted by Gasteiger charge is 2.10. The van der Waals surface area contributed by atoms with Crippen LogP contribution in [-0.4, -0.2) is 28.4 Å². The van der Waals surface area contributed by atoms with Crippen molar-refractivity contribution in [2.45, 2.75) is 17.9 Å². The molecule has 1 N–H and O–H groups in total. The second-order valence-corrected chi connectivity index (χ2v) is 5.40. The highest BCUT2D eigenvalue weighted by Crippen LogP contribution is 2.24. The van der Waals surface area contributed by atoms with Gasteiger partial charge in [0.05, 0.1) is 12.4 Å². The van der Waals surface area contributed by atoms with Gasteiger partial charge in [-0.25, -0.2) is 0 Å². The molecule has 5 heteroatoms. The summed E-state index contributed by atoms with van der Waals surface area (Å²) in [6, 6.07) is 11.1. The Kier molecular flexibility index (Phi) is 5.78. The van der Waals surface area contributed by atoms with Crippen molar-refractivity contribution in [3.8, 4) is 0 Å². The number of hydrogen-bond acceptors (Lipinski definition) is 5. The molecule has 0 aliphatic carbocycles. The third kappa shape index (κ3) is 4.58. The number of carbonyl (C=O) groups is 1. The van der Waals surface area contributed by atoms with Crippen LogP contribution >= 0.6 is 11.8 Å². The number of aliphatic hydroxyl groups is 1. The van der Waals surface area contributed by atoms with Crippen LogP contribution in [-0.2, 0) is 9.53 Å². The zero-order chi connectivity index (χ0) is 15.1. The van der Waals surface area contributed by atoms with E-state index in [0.717, 1.165) is 16.0 Å². The van der Waals surface area contributed by atoms with E-state index in [1.54, 1.807) is 25.4 Å². The van der Waals surface area contributed by atoms with E-state index in [-0.39, 0.29) is 5.97 Å². The number of pyridine rings is 1. The number of aliphatic hydroxyl groups excluding tert-OH is 1. The number of esters is 1. The van der Waals surface area contributed by atoms with Crippen molar-refractivity contribution in [3.63, 3.8) is 0 Å². The molecule has 21 heavy (non-hydrogen) atoms. The number of thioether (sulfide) groups is 1. The molecule has 1 heterocycles. The number of aromatic nitrogens is 1. The minimum atomic E-state index is -0.692. The van der Waals surface area contributed by atoms with Gasteiger partial charge in [-0.1, -0.05) is 18.2 Å². The highest BCUT2D eigenvalue weighted by molar-refractivity contribution is 8.00. The van der Waals surface area contributed by atoms with E-state index in [0.29, 0.717) is 12.4 Å². The highest BCUT2D eigenvalue weighted by atomic mass is 32.2. The molecule has 2 aromatic rings. The Hall–Kier alpha value is -1.85. The molecule has 0 saturated carbocycles. The van der Waals surface area contributed by atoms with Gasteiger partial charge in [0.25, 0.3) is 0 Å². The largest absolute Gasteiger partial charge is 0.465 e. The molecule has 1 aromatic carbocycles. The molecule has 0 amide bonds. The minimum absolute atomic E-state index is 0.220. The summed E-state index contributed by atoms with van der Waals surface area (Å²) in [6.45, 7) is 2.19. The van der Waals surface area contributed by atoms with Crippen LogP contribution in [0, 0.1) is 0 Å². The van der Waals surface area contributed by atoms with E-state index in [1.165, 1.54) is 11.8 Å². The zero-order valence-corrected chi connectivity index (χ0v) is 12.5. The Bertz CT molecular complexity index is 572. The quantitative estimate of drug-likeness (QED) is 0.657. The maximum absolute atomic E-state index is 11.3. The van der Waals surface area contributed by atoms with E-state index >= 15 is 0 Å². The van der Waals surface area contributed by atoms with Crippen molar-refractivity contribution in [2.24, 2.45) is 0 Å². The predicted octanol–water partition coefficient (Wildman–Crippen LogP) is 2.82. The smallest absolute Gasteiger partial charge is 0.316 e. The molecule has 0 fully saturated rings. The Balaban J connectivity index is 1.97. The maximum Gasteiger partial charge on any atom is 0.316 e. The monoisotopic (exact) mass is 303 g/mol. The van der Waals surface area contributed by atoms with Gasteiger partial charge in [-0.2, -0.15) is 0 Å². The normalized spacial score (nSPS) is 11.9. The average molecular weight is 303 g/mol. The summed E-state index contributed by atoms with van der Waals surface area (Å²) >= 11 is 1.42. The number of benzene rings is 1. The second-order valence-electron chi connectivity index (χ2n) is 4.35. The number of rotatable bonds is 6. The Morgan fingerprint density at radius 1 is 1.29 bits per heavy atom. The first-order chi connectivity index (χ1) is 10.2.